The summed E-state index contributed by atoms with van der Waals surface area (Å²) >= 11 is 0. The van der Waals surface area contributed by atoms with Gasteiger partial charge in [-0.25, -0.2) is 4.39 Å². The average Bonchev–Trinajstić information content (AvgIpc) is 3.36. The maximum Gasteiger partial charge on any atom is 0.416 e. The standard InChI is InChI=1S/C18H24F4N2/c19-15-4-3-14(17(11-15)18(20,21)22)7-10-24(12-13-1-2-13)16-5-8-23-9-6-16/h3-4,11,13,16,23H,1-2,5-10,12H2. The van der Waals surface area contributed by atoms with Gasteiger partial charge < -0.3 is 5.32 Å². The highest BCUT2D eigenvalue weighted by molar-refractivity contribution is 5.30. The number of hydrogen-bond acceptors (Lipinski definition) is 2. The fourth-order valence-corrected chi connectivity index (χ4v) is 3.52. The molecule has 1 heterocycles. The molecule has 0 bridgehead atoms. The van der Waals surface area contributed by atoms with Crippen molar-refractivity contribution in [1.82, 2.24) is 10.2 Å². The number of alkyl halides is 3. The summed E-state index contributed by atoms with van der Waals surface area (Å²) in [5, 5.41) is 3.33. The molecule has 1 aliphatic carbocycles. The van der Waals surface area contributed by atoms with Crippen LogP contribution in [0.4, 0.5) is 17.6 Å². The van der Waals surface area contributed by atoms with Crippen molar-refractivity contribution in [3.8, 4) is 0 Å². The van der Waals surface area contributed by atoms with Crippen molar-refractivity contribution in [3.05, 3.63) is 35.1 Å². The first-order chi connectivity index (χ1) is 11.4. The lowest BCUT2D eigenvalue weighted by Gasteiger charge is -2.35. The van der Waals surface area contributed by atoms with Gasteiger partial charge in [0.05, 0.1) is 5.56 Å². The molecule has 2 fully saturated rings. The fourth-order valence-electron chi connectivity index (χ4n) is 3.52. The average molecular weight is 344 g/mol. The minimum atomic E-state index is -4.51. The van der Waals surface area contributed by atoms with Crippen LogP contribution >= 0.6 is 0 Å². The maximum absolute atomic E-state index is 13.2. The van der Waals surface area contributed by atoms with Crippen LogP contribution in [-0.2, 0) is 12.6 Å². The van der Waals surface area contributed by atoms with Gasteiger partial charge in [0.15, 0.2) is 0 Å². The van der Waals surface area contributed by atoms with Crippen molar-refractivity contribution in [1.29, 1.82) is 0 Å². The van der Waals surface area contributed by atoms with Crippen molar-refractivity contribution < 1.29 is 17.6 Å². The number of halogens is 4. The molecule has 1 aromatic rings. The molecule has 0 aromatic heterocycles. The van der Waals surface area contributed by atoms with Crippen LogP contribution < -0.4 is 5.32 Å². The Hall–Kier alpha value is -1.14. The number of piperidine rings is 1. The van der Waals surface area contributed by atoms with E-state index in [1.807, 2.05) is 0 Å². The Bertz CT molecular complexity index is 548. The minimum Gasteiger partial charge on any atom is -0.317 e. The molecule has 1 saturated heterocycles. The molecule has 3 rings (SSSR count). The van der Waals surface area contributed by atoms with E-state index in [2.05, 4.69) is 10.2 Å². The predicted octanol–water partition coefficient (Wildman–Crippen LogP) is 3.85. The second kappa shape index (κ2) is 7.40. The van der Waals surface area contributed by atoms with E-state index in [1.165, 1.54) is 18.9 Å². The van der Waals surface area contributed by atoms with Crippen LogP contribution in [0.15, 0.2) is 18.2 Å². The highest BCUT2D eigenvalue weighted by atomic mass is 19.4. The highest BCUT2D eigenvalue weighted by Gasteiger charge is 2.34. The largest absolute Gasteiger partial charge is 0.416 e. The molecule has 0 unspecified atom stereocenters. The lowest BCUT2D eigenvalue weighted by atomic mass is 10.0. The second-order valence-electron chi connectivity index (χ2n) is 6.97. The summed E-state index contributed by atoms with van der Waals surface area (Å²) in [6, 6.07) is 3.48. The van der Waals surface area contributed by atoms with Gasteiger partial charge in [-0.1, -0.05) is 6.07 Å². The number of benzene rings is 1. The number of nitrogens with zero attached hydrogens (tertiary/aromatic N) is 1. The topological polar surface area (TPSA) is 15.3 Å². The van der Waals surface area contributed by atoms with E-state index >= 15 is 0 Å². The van der Waals surface area contributed by atoms with Crippen molar-refractivity contribution in [3.63, 3.8) is 0 Å². The Morgan fingerprint density at radius 3 is 2.42 bits per heavy atom. The zero-order valence-electron chi connectivity index (χ0n) is 13.7. The van der Waals surface area contributed by atoms with E-state index in [-0.39, 0.29) is 5.56 Å². The molecule has 0 spiro atoms. The van der Waals surface area contributed by atoms with Gasteiger partial charge in [0.2, 0.25) is 0 Å². The molecule has 0 amide bonds. The Labute approximate surface area is 140 Å². The van der Waals surface area contributed by atoms with E-state index in [0.717, 1.165) is 38.5 Å². The third kappa shape index (κ3) is 4.70. The molecule has 1 N–H and O–H groups in total. The Balaban J connectivity index is 1.69. The summed E-state index contributed by atoms with van der Waals surface area (Å²) in [6.45, 7) is 3.52. The van der Waals surface area contributed by atoms with Gasteiger partial charge in [-0.3, -0.25) is 4.90 Å². The van der Waals surface area contributed by atoms with E-state index in [4.69, 9.17) is 0 Å². The van der Waals surface area contributed by atoms with Crippen LogP contribution in [0.3, 0.4) is 0 Å². The molecule has 6 heteroatoms. The van der Waals surface area contributed by atoms with E-state index in [1.54, 1.807) is 0 Å². The molecule has 2 nitrogen and oxygen atoms in total. The molecular formula is C18H24F4N2. The lowest BCUT2D eigenvalue weighted by Crippen LogP contribution is -2.44. The molecule has 0 atom stereocenters. The molecule has 1 saturated carbocycles. The number of rotatable bonds is 6. The van der Waals surface area contributed by atoms with Crippen molar-refractivity contribution in [2.75, 3.05) is 26.2 Å². The van der Waals surface area contributed by atoms with Gasteiger partial charge in [-0.15, -0.1) is 0 Å². The predicted molar refractivity (Wildman–Crippen MR) is 85.3 cm³/mol. The Kier molecular flexibility index (Phi) is 5.45. The van der Waals surface area contributed by atoms with Crippen LogP contribution in [0.1, 0.15) is 36.8 Å². The number of nitrogens with one attached hydrogen (secondary N) is 1. The van der Waals surface area contributed by atoms with Gasteiger partial charge >= 0.3 is 6.18 Å². The summed E-state index contributed by atoms with van der Waals surface area (Å²) in [5.74, 6) is -0.130. The fraction of sp³-hybridized carbons (Fsp3) is 0.667. The number of hydrogen-bond donors (Lipinski definition) is 1. The van der Waals surface area contributed by atoms with Crippen molar-refractivity contribution in [2.45, 2.75) is 44.3 Å². The van der Waals surface area contributed by atoms with Gasteiger partial charge in [-0.05, 0) is 68.8 Å². The first-order valence-corrected chi connectivity index (χ1v) is 8.74. The molecule has 134 valence electrons. The van der Waals surface area contributed by atoms with Gasteiger partial charge in [0, 0.05) is 19.1 Å². The zero-order valence-corrected chi connectivity index (χ0v) is 13.7. The normalized spacial score (nSPS) is 19.9. The third-order valence-electron chi connectivity index (χ3n) is 5.06. The molecular weight excluding hydrogens is 320 g/mol. The third-order valence-corrected chi connectivity index (χ3v) is 5.06. The van der Waals surface area contributed by atoms with Gasteiger partial charge in [-0.2, -0.15) is 13.2 Å². The summed E-state index contributed by atoms with van der Waals surface area (Å²) in [6.07, 6.45) is 0.349. The molecule has 0 radical (unpaired) electrons. The summed E-state index contributed by atoms with van der Waals surface area (Å²) in [5.41, 5.74) is -0.641. The molecule has 24 heavy (non-hydrogen) atoms. The van der Waals surface area contributed by atoms with E-state index < -0.39 is 17.6 Å². The monoisotopic (exact) mass is 344 g/mol. The van der Waals surface area contributed by atoms with Crippen molar-refractivity contribution >= 4 is 0 Å². The second-order valence-corrected chi connectivity index (χ2v) is 6.97. The van der Waals surface area contributed by atoms with Crippen LogP contribution in [0.2, 0.25) is 0 Å². The zero-order chi connectivity index (χ0) is 17.2. The van der Waals surface area contributed by atoms with E-state index in [9.17, 15) is 17.6 Å². The summed E-state index contributed by atoms with van der Waals surface area (Å²) in [7, 11) is 0. The Morgan fingerprint density at radius 2 is 1.79 bits per heavy atom. The highest BCUT2D eigenvalue weighted by Crippen LogP contribution is 2.34. The van der Waals surface area contributed by atoms with Crippen LogP contribution in [0.5, 0.6) is 0 Å². The van der Waals surface area contributed by atoms with E-state index in [0.29, 0.717) is 31.0 Å². The molecule has 2 aliphatic rings. The Morgan fingerprint density at radius 1 is 1.08 bits per heavy atom. The van der Waals surface area contributed by atoms with Gasteiger partial charge in [0.1, 0.15) is 5.82 Å². The quantitative estimate of drug-likeness (QED) is 0.789. The van der Waals surface area contributed by atoms with Crippen molar-refractivity contribution in [2.24, 2.45) is 5.92 Å². The lowest BCUT2D eigenvalue weighted by molar-refractivity contribution is -0.138. The first-order valence-electron chi connectivity index (χ1n) is 8.74. The van der Waals surface area contributed by atoms with Crippen LogP contribution in [0, 0.1) is 11.7 Å². The molecule has 1 aliphatic heterocycles. The molecule has 1 aromatic carbocycles. The first kappa shape index (κ1) is 17.7. The smallest absolute Gasteiger partial charge is 0.317 e. The van der Waals surface area contributed by atoms with Gasteiger partial charge in [0.25, 0.3) is 0 Å². The summed E-state index contributed by atoms with van der Waals surface area (Å²) in [4.78, 5) is 2.36. The van der Waals surface area contributed by atoms with Crippen LogP contribution in [-0.4, -0.2) is 37.1 Å². The minimum absolute atomic E-state index is 0.193. The maximum atomic E-state index is 13.2. The SMILES string of the molecule is Fc1ccc(CCN(CC2CC2)C2CCNCC2)c(C(F)(F)F)c1. The summed E-state index contributed by atoms with van der Waals surface area (Å²) < 4.78 is 52.6. The van der Waals surface area contributed by atoms with Crippen LogP contribution in [0.25, 0.3) is 0 Å².